The van der Waals surface area contributed by atoms with E-state index in [4.69, 9.17) is 10.5 Å². The molecule has 0 amide bonds. The molecule has 1 aliphatic carbocycles. The van der Waals surface area contributed by atoms with Crippen LogP contribution in [0.15, 0.2) is 0 Å². The molecule has 0 spiro atoms. The van der Waals surface area contributed by atoms with Gasteiger partial charge in [0.05, 0.1) is 0 Å². The van der Waals surface area contributed by atoms with Crippen LogP contribution in [0, 0.1) is 5.92 Å². The molecule has 2 N–H and O–H groups in total. The Labute approximate surface area is 75.5 Å². The molecule has 0 bridgehead atoms. The van der Waals surface area contributed by atoms with Crippen LogP contribution in [-0.2, 0) is 4.74 Å². The van der Waals surface area contributed by atoms with E-state index < -0.39 is 0 Å². The van der Waals surface area contributed by atoms with E-state index >= 15 is 0 Å². The maximum Gasteiger partial charge on any atom is 0.0494 e. The van der Waals surface area contributed by atoms with E-state index in [1.165, 1.54) is 25.7 Å². The Morgan fingerprint density at radius 2 is 2.08 bits per heavy atom. The first-order chi connectivity index (χ1) is 5.79. The monoisotopic (exact) mass is 171 g/mol. The molecule has 2 heteroatoms. The summed E-state index contributed by atoms with van der Waals surface area (Å²) in [6.07, 6.45) is 6.55. The van der Waals surface area contributed by atoms with E-state index in [-0.39, 0.29) is 6.04 Å². The van der Waals surface area contributed by atoms with Gasteiger partial charge in [0.1, 0.15) is 0 Å². The molecule has 0 heterocycles. The normalized spacial score (nSPS) is 21.5. The summed E-state index contributed by atoms with van der Waals surface area (Å²) in [5.74, 6) is 0.845. The van der Waals surface area contributed by atoms with Gasteiger partial charge in [-0.2, -0.15) is 0 Å². The average Bonchev–Trinajstić information content (AvgIpc) is 2.49. The van der Waals surface area contributed by atoms with Crippen LogP contribution < -0.4 is 5.73 Å². The van der Waals surface area contributed by atoms with E-state index in [1.54, 1.807) is 0 Å². The average molecular weight is 171 g/mol. The molecule has 0 radical (unpaired) electrons. The van der Waals surface area contributed by atoms with E-state index in [9.17, 15) is 0 Å². The number of nitrogens with two attached hydrogens (primary N) is 1. The smallest absolute Gasteiger partial charge is 0.0494 e. The largest absolute Gasteiger partial charge is 0.381 e. The van der Waals surface area contributed by atoms with Crippen molar-refractivity contribution < 1.29 is 4.74 Å². The summed E-state index contributed by atoms with van der Waals surface area (Å²) in [5, 5.41) is 0. The van der Waals surface area contributed by atoms with Crippen molar-refractivity contribution in [3.63, 3.8) is 0 Å². The van der Waals surface area contributed by atoms with Gasteiger partial charge in [0.25, 0.3) is 0 Å². The van der Waals surface area contributed by atoms with Gasteiger partial charge in [-0.3, -0.25) is 0 Å². The lowest BCUT2D eigenvalue weighted by Gasteiger charge is -2.10. The molecule has 1 rings (SSSR count). The standard InChI is InChI=1S/C10H21NO/c1-9(11)6-7-12-8-10-4-2-3-5-10/h9-10H,2-8,11H2,1H3. The molecule has 0 aromatic carbocycles. The number of rotatable bonds is 5. The van der Waals surface area contributed by atoms with Gasteiger partial charge in [0, 0.05) is 19.3 Å². The van der Waals surface area contributed by atoms with Crippen LogP contribution in [0.1, 0.15) is 39.0 Å². The van der Waals surface area contributed by atoms with Gasteiger partial charge in [-0.1, -0.05) is 12.8 Å². The topological polar surface area (TPSA) is 35.2 Å². The molecule has 1 unspecified atom stereocenters. The number of hydrogen-bond donors (Lipinski definition) is 1. The van der Waals surface area contributed by atoms with Crippen LogP contribution in [-0.4, -0.2) is 19.3 Å². The summed E-state index contributed by atoms with van der Waals surface area (Å²) in [4.78, 5) is 0. The highest BCUT2D eigenvalue weighted by molar-refractivity contribution is 4.66. The SMILES string of the molecule is CC(N)CCOCC1CCCC1. The molecule has 1 atom stereocenters. The van der Waals surface area contributed by atoms with Crippen LogP contribution in [0.3, 0.4) is 0 Å². The molecule has 0 saturated heterocycles. The zero-order valence-corrected chi connectivity index (χ0v) is 8.09. The lowest BCUT2D eigenvalue weighted by Crippen LogP contribution is -2.18. The molecule has 72 valence electrons. The summed E-state index contributed by atoms with van der Waals surface area (Å²) < 4.78 is 5.55. The second-order valence-corrected chi connectivity index (χ2v) is 3.99. The van der Waals surface area contributed by atoms with Gasteiger partial charge in [-0.25, -0.2) is 0 Å². The zero-order chi connectivity index (χ0) is 8.81. The third kappa shape index (κ3) is 4.07. The Balaban J connectivity index is 1.88. The molecule has 2 nitrogen and oxygen atoms in total. The molecular weight excluding hydrogens is 150 g/mol. The zero-order valence-electron chi connectivity index (χ0n) is 8.09. The molecular formula is C10H21NO. The Morgan fingerprint density at radius 1 is 1.42 bits per heavy atom. The van der Waals surface area contributed by atoms with Crippen molar-refractivity contribution in [3.8, 4) is 0 Å². The van der Waals surface area contributed by atoms with Crippen LogP contribution in [0.5, 0.6) is 0 Å². The van der Waals surface area contributed by atoms with Crippen LogP contribution >= 0.6 is 0 Å². The molecule has 12 heavy (non-hydrogen) atoms. The Morgan fingerprint density at radius 3 is 2.67 bits per heavy atom. The maximum absolute atomic E-state index is 5.61. The highest BCUT2D eigenvalue weighted by atomic mass is 16.5. The molecule has 0 aromatic heterocycles. The molecule has 0 aliphatic heterocycles. The first kappa shape index (κ1) is 10.0. The lowest BCUT2D eigenvalue weighted by molar-refractivity contribution is 0.0966. The van der Waals surface area contributed by atoms with Crippen molar-refractivity contribution in [2.75, 3.05) is 13.2 Å². The second-order valence-electron chi connectivity index (χ2n) is 3.99. The highest BCUT2D eigenvalue weighted by Crippen LogP contribution is 2.24. The Kier molecular flexibility index (Phi) is 4.62. The highest BCUT2D eigenvalue weighted by Gasteiger charge is 2.14. The number of ether oxygens (including phenoxy) is 1. The van der Waals surface area contributed by atoms with Crippen molar-refractivity contribution in [2.45, 2.75) is 45.1 Å². The minimum absolute atomic E-state index is 0.286. The predicted octanol–water partition coefficient (Wildman–Crippen LogP) is 1.93. The van der Waals surface area contributed by atoms with E-state index in [2.05, 4.69) is 0 Å². The molecule has 1 aliphatic rings. The van der Waals surface area contributed by atoms with Gasteiger partial charge in [-0.15, -0.1) is 0 Å². The summed E-state index contributed by atoms with van der Waals surface area (Å²) in [6.45, 7) is 3.83. The van der Waals surface area contributed by atoms with Gasteiger partial charge < -0.3 is 10.5 Å². The van der Waals surface area contributed by atoms with Crippen molar-refractivity contribution in [1.82, 2.24) is 0 Å². The third-order valence-electron chi connectivity index (χ3n) is 2.55. The van der Waals surface area contributed by atoms with Crippen LogP contribution in [0.2, 0.25) is 0 Å². The van der Waals surface area contributed by atoms with E-state index in [0.717, 1.165) is 25.6 Å². The summed E-state index contributed by atoms with van der Waals surface area (Å²) in [6, 6.07) is 0.286. The fourth-order valence-electron chi connectivity index (χ4n) is 1.70. The number of hydrogen-bond acceptors (Lipinski definition) is 2. The van der Waals surface area contributed by atoms with Crippen molar-refractivity contribution in [1.29, 1.82) is 0 Å². The molecule has 1 saturated carbocycles. The van der Waals surface area contributed by atoms with Gasteiger partial charge in [0.2, 0.25) is 0 Å². The van der Waals surface area contributed by atoms with Gasteiger partial charge in [0.15, 0.2) is 0 Å². The molecule has 0 aromatic rings. The maximum atomic E-state index is 5.61. The summed E-state index contributed by atoms with van der Waals surface area (Å²) in [5.41, 5.74) is 5.61. The quantitative estimate of drug-likeness (QED) is 0.641. The lowest BCUT2D eigenvalue weighted by atomic mass is 10.1. The first-order valence-electron chi connectivity index (χ1n) is 5.12. The van der Waals surface area contributed by atoms with Crippen molar-refractivity contribution in [3.05, 3.63) is 0 Å². The fourth-order valence-corrected chi connectivity index (χ4v) is 1.70. The first-order valence-corrected chi connectivity index (χ1v) is 5.12. The second kappa shape index (κ2) is 5.55. The fraction of sp³-hybridized carbons (Fsp3) is 1.00. The van der Waals surface area contributed by atoms with Crippen molar-refractivity contribution >= 4 is 0 Å². The summed E-state index contributed by atoms with van der Waals surface area (Å²) in [7, 11) is 0. The molecule has 1 fully saturated rings. The van der Waals surface area contributed by atoms with Crippen molar-refractivity contribution in [2.24, 2.45) is 11.7 Å². The van der Waals surface area contributed by atoms with Gasteiger partial charge in [-0.05, 0) is 32.1 Å². The van der Waals surface area contributed by atoms with E-state index in [0.29, 0.717) is 0 Å². The Bertz CT molecular complexity index is 108. The summed E-state index contributed by atoms with van der Waals surface area (Å²) >= 11 is 0. The van der Waals surface area contributed by atoms with Crippen LogP contribution in [0.4, 0.5) is 0 Å². The van der Waals surface area contributed by atoms with Gasteiger partial charge >= 0.3 is 0 Å². The van der Waals surface area contributed by atoms with E-state index in [1.807, 2.05) is 6.92 Å². The Hall–Kier alpha value is -0.0800. The minimum atomic E-state index is 0.286. The predicted molar refractivity (Wildman–Crippen MR) is 51.0 cm³/mol. The third-order valence-corrected chi connectivity index (χ3v) is 2.55. The van der Waals surface area contributed by atoms with Crippen LogP contribution in [0.25, 0.3) is 0 Å². The minimum Gasteiger partial charge on any atom is -0.381 e.